The Morgan fingerprint density at radius 2 is 1.73 bits per heavy atom. The summed E-state index contributed by atoms with van der Waals surface area (Å²) in [5.41, 5.74) is 1.95. The van der Waals surface area contributed by atoms with E-state index < -0.39 is 15.4 Å². The number of amides is 1. The van der Waals surface area contributed by atoms with Crippen LogP contribution in [-0.2, 0) is 14.8 Å². The fraction of sp³-hybridized carbons (Fsp3) is 0.696. The van der Waals surface area contributed by atoms with Crippen molar-refractivity contribution in [1.82, 2.24) is 4.31 Å². The maximum atomic E-state index is 13.5. The third-order valence-corrected chi connectivity index (χ3v) is 10.2. The largest absolute Gasteiger partial charge is 0.325 e. The number of hydrogen-bond acceptors (Lipinski definition) is 3. The molecule has 4 bridgehead atoms. The first-order valence-corrected chi connectivity index (χ1v) is 13.0. The Bertz CT molecular complexity index is 957. The third-order valence-electron chi connectivity index (χ3n) is 7.70. The van der Waals surface area contributed by atoms with Crippen LogP contribution in [0.5, 0.6) is 0 Å². The average molecular weight is 453 g/mol. The summed E-state index contributed by atoms with van der Waals surface area (Å²) in [4.78, 5) is 13.6. The number of hydrogen-bond donors (Lipinski definition) is 1. The van der Waals surface area contributed by atoms with Crippen LogP contribution in [0.15, 0.2) is 17.0 Å². The van der Waals surface area contributed by atoms with Gasteiger partial charge in [0.15, 0.2) is 0 Å². The number of sulfonamides is 1. The fourth-order valence-corrected chi connectivity index (χ4v) is 8.75. The Hall–Kier alpha value is -1.11. The number of anilines is 1. The predicted octanol–water partition coefficient (Wildman–Crippen LogP) is 4.85. The number of nitrogens with zero attached hydrogens (tertiary/aromatic N) is 1. The van der Waals surface area contributed by atoms with E-state index in [0.29, 0.717) is 30.6 Å². The van der Waals surface area contributed by atoms with Gasteiger partial charge >= 0.3 is 0 Å². The van der Waals surface area contributed by atoms with Crippen LogP contribution in [-0.4, -0.2) is 36.6 Å². The van der Waals surface area contributed by atoms with E-state index >= 15 is 0 Å². The van der Waals surface area contributed by atoms with E-state index in [-0.39, 0.29) is 15.7 Å². The predicted molar refractivity (Wildman–Crippen MR) is 120 cm³/mol. The van der Waals surface area contributed by atoms with Gasteiger partial charge in [0.25, 0.3) is 0 Å². The van der Waals surface area contributed by atoms with Crippen molar-refractivity contribution >= 4 is 33.2 Å². The molecule has 0 saturated heterocycles. The highest BCUT2D eigenvalue weighted by atomic mass is 35.5. The number of carbonyl (C=O) groups is 1. The van der Waals surface area contributed by atoms with Gasteiger partial charge in [-0.1, -0.05) is 13.8 Å². The van der Waals surface area contributed by atoms with Gasteiger partial charge < -0.3 is 5.32 Å². The summed E-state index contributed by atoms with van der Waals surface area (Å²) in [7, 11) is -3.59. The van der Waals surface area contributed by atoms with Gasteiger partial charge in [0.05, 0.1) is 10.3 Å². The zero-order valence-corrected chi connectivity index (χ0v) is 20.0. The van der Waals surface area contributed by atoms with Gasteiger partial charge in [-0.05, 0) is 87.5 Å². The number of nitrogens with one attached hydrogen (secondary N) is 1. The van der Waals surface area contributed by atoms with Gasteiger partial charge in [0.2, 0.25) is 15.9 Å². The normalized spacial score (nSPS) is 32.6. The molecule has 4 fully saturated rings. The van der Waals surface area contributed by atoms with E-state index in [9.17, 15) is 13.2 Å². The molecule has 0 heterocycles. The molecule has 5 rings (SSSR count). The van der Waals surface area contributed by atoms with Gasteiger partial charge in [-0.2, -0.15) is 4.31 Å². The first-order valence-electron chi connectivity index (χ1n) is 11.1. The molecule has 1 N–H and O–H groups in total. The lowest BCUT2D eigenvalue weighted by atomic mass is 9.49. The number of rotatable bonds is 6. The standard InChI is InChI=1S/C23H33ClN2O3S/c1-5-26(6-2)30(28,29)19-7-15(3)16(4)20(9-19)25-21(27)22-10-17-8-18(11-22)13-23(24,12-17)14-22/h7,9,17-18H,5-6,8,10-14H2,1-4H3,(H,25,27). The van der Waals surface area contributed by atoms with E-state index in [0.717, 1.165) is 43.2 Å². The maximum absolute atomic E-state index is 13.5. The molecule has 2 atom stereocenters. The van der Waals surface area contributed by atoms with Gasteiger partial charge in [0.1, 0.15) is 0 Å². The number of benzene rings is 1. The van der Waals surface area contributed by atoms with Crippen LogP contribution in [0.4, 0.5) is 5.69 Å². The van der Waals surface area contributed by atoms with Crippen LogP contribution < -0.4 is 5.32 Å². The molecule has 0 aromatic heterocycles. The van der Waals surface area contributed by atoms with Crippen molar-refractivity contribution in [3.05, 3.63) is 23.3 Å². The van der Waals surface area contributed by atoms with Gasteiger partial charge in [0, 0.05) is 23.7 Å². The quantitative estimate of drug-likeness (QED) is 0.627. The molecule has 166 valence electrons. The maximum Gasteiger partial charge on any atom is 0.243 e. The smallest absolute Gasteiger partial charge is 0.243 e. The summed E-state index contributed by atoms with van der Waals surface area (Å²) in [6, 6.07) is 3.34. The molecule has 0 radical (unpaired) electrons. The molecule has 2 unspecified atom stereocenters. The van der Waals surface area contributed by atoms with Crippen molar-refractivity contribution in [3.63, 3.8) is 0 Å². The number of carbonyl (C=O) groups excluding carboxylic acids is 1. The minimum absolute atomic E-state index is 0.0153. The Morgan fingerprint density at radius 1 is 1.13 bits per heavy atom. The monoisotopic (exact) mass is 452 g/mol. The van der Waals surface area contributed by atoms with Crippen LogP contribution in [0.1, 0.15) is 63.5 Å². The van der Waals surface area contributed by atoms with E-state index in [1.165, 1.54) is 10.7 Å². The van der Waals surface area contributed by atoms with Crippen molar-refractivity contribution in [3.8, 4) is 0 Å². The average Bonchev–Trinajstić information content (AvgIpc) is 2.63. The highest BCUT2D eigenvalue weighted by Crippen LogP contribution is 2.64. The second kappa shape index (κ2) is 7.49. The summed E-state index contributed by atoms with van der Waals surface area (Å²) >= 11 is 6.91. The zero-order valence-electron chi connectivity index (χ0n) is 18.4. The summed E-state index contributed by atoms with van der Waals surface area (Å²) < 4.78 is 27.6. The van der Waals surface area contributed by atoms with E-state index in [1.54, 1.807) is 12.1 Å². The van der Waals surface area contributed by atoms with E-state index in [4.69, 9.17) is 11.6 Å². The summed E-state index contributed by atoms with van der Waals surface area (Å²) in [6.45, 7) is 8.32. The van der Waals surface area contributed by atoms with Crippen molar-refractivity contribution in [2.45, 2.75) is 76.0 Å². The number of halogens is 1. The SMILES string of the molecule is CCN(CC)S(=O)(=O)c1cc(C)c(C)c(NC(=O)C23CC4CC(CC(Cl)(C4)C2)C3)c1. The topological polar surface area (TPSA) is 66.5 Å². The van der Waals surface area contributed by atoms with Crippen molar-refractivity contribution < 1.29 is 13.2 Å². The van der Waals surface area contributed by atoms with Crippen LogP contribution >= 0.6 is 11.6 Å². The van der Waals surface area contributed by atoms with E-state index in [2.05, 4.69) is 5.32 Å². The van der Waals surface area contributed by atoms with Crippen molar-refractivity contribution in [2.24, 2.45) is 17.3 Å². The Kier molecular flexibility index (Phi) is 5.52. The molecule has 5 nitrogen and oxygen atoms in total. The van der Waals surface area contributed by atoms with Crippen LogP contribution in [0, 0.1) is 31.1 Å². The lowest BCUT2D eigenvalue weighted by molar-refractivity contribution is -0.138. The van der Waals surface area contributed by atoms with Crippen molar-refractivity contribution in [2.75, 3.05) is 18.4 Å². The molecule has 7 heteroatoms. The van der Waals surface area contributed by atoms with Crippen LogP contribution in [0.25, 0.3) is 0 Å². The Labute approximate surface area is 185 Å². The molecule has 4 aliphatic rings. The molecule has 30 heavy (non-hydrogen) atoms. The van der Waals surface area contributed by atoms with Crippen molar-refractivity contribution in [1.29, 1.82) is 0 Å². The minimum Gasteiger partial charge on any atom is -0.325 e. The molecule has 4 aliphatic carbocycles. The zero-order chi connectivity index (χ0) is 21.9. The molecule has 1 amide bonds. The summed E-state index contributed by atoms with van der Waals surface area (Å²) in [6.07, 6.45) is 5.78. The molecular weight excluding hydrogens is 420 g/mol. The first-order chi connectivity index (χ1) is 14.0. The fourth-order valence-electron chi connectivity index (χ4n) is 6.49. The molecule has 1 aromatic rings. The van der Waals surface area contributed by atoms with E-state index in [1.807, 2.05) is 27.7 Å². The van der Waals surface area contributed by atoms with Gasteiger partial charge in [-0.3, -0.25) is 4.79 Å². The lowest BCUT2D eigenvalue weighted by Gasteiger charge is -2.59. The molecule has 0 aliphatic heterocycles. The summed E-state index contributed by atoms with van der Waals surface area (Å²) in [5.74, 6) is 1.08. The summed E-state index contributed by atoms with van der Waals surface area (Å²) in [5, 5.41) is 3.13. The van der Waals surface area contributed by atoms with Gasteiger partial charge in [-0.15, -0.1) is 11.6 Å². The first kappa shape index (κ1) is 22.1. The van der Waals surface area contributed by atoms with Gasteiger partial charge in [-0.25, -0.2) is 8.42 Å². The second-order valence-electron chi connectivity index (χ2n) is 9.85. The molecule has 4 saturated carbocycles. The van der Waals surface area contributed by atoms with Crippen LogP contribution in [0.2, 0.25) is 0 Å². The molecule has 1 aromatic carbocycles. The Balaban J connectivity index is 1.65. The molecular formula is C23H33ClN2O3S. The second-order valence-corrected chi connectivity index (χ2v) is 12.6. The lowest BCUT2D eigenvalue weighted by Crippen LogP contribution is -2.57. The number of aryl methyl sites for hydroxylation is 1. The molecule has 0 spiro atoms. The van der Waals surface area contributed by atoms with Crippen LogP contribution in [0.3, 0.4) is 0 Å². The highest BCUT2D eigenvalue weighted by Gasteiger charge is 2.60. The minimum atomic E-state index is -3.59. The number of alkyl halides is 1. The highest BCUT2D eigenvalue weighted by molar-refractivity contribution is 7.89. The Morgan fingerprint density at radius 3 is 2.27 bits per heavy atom. The third kappa shape index (κ3) is 3.59.